The molecule has 0 bridgehead atoms. The van der Waals surface area contributed by atoms with E-state index in [4.69, 9.17) is 5.11 Å². The van der Waals surface area contributed by atoms with Gasteiger partial charge in [-0.15, -0.1) is 11.3 Å². The van der Waals surface area contributed by atoms with Gasteiger partial charge in [0.05, 0.1) is 21.1 Å². The highest BCUT2D eigenvalue weighted by molar-refractivity contribution is 9.10. The Morgan fingerprint density at radius 3 is 2.78 bits per heavy atom. The quantitative estimate of drug-likeness (QED) is 0.832. The summed E-state index contributed by atoms with van der Waals surface area (Å²) in [5, 5.41) is 9.55. The highest BCUT2D eigenvalue weighted by Gasteiger charge is 2.27. The number of carbonyl (C=O) groups is 2. The molecule has 2 amide bonds. The molecule has 0 saturated carbocycles. The van der Waals surface area contributed by atoms with Crippen molar-refractivity contribution in [1.82, 2.24) is 14.4 Å². The monoisotopic (exact) mass is 399 g/mol. The van der Waals surface area contributed by atoms with E-state index in [1.807, 2.05) is 6.07 Å². The summed E-state index contributed by atoms with van der Waals surface area (Å²) in [5.41, 5.74) is -0.0762. The molecule has 7 nitrogen and oxygen atoms in total. The summed E-state index contributed by atoms with van der Waals surface area (Å²) in [6, 6.07) is 1.81. The van der Waals surface area contributed by atoms with Gasteiger partial charge in [-0.05, 0) is 22.0 Å². The first kappa shape index (κ1) is 16.0. The predicted octanol–water partition coefficient (Wildman–Crippen LogP) is 1.68. The number of pyridine rings is 1. The summed E-state index contributed by atoms with van der Waals surface area (Å²) in [6.07, 6.45) is 0.647. The fourth-order valence-corrected chi connectivity index (χ4v) is 4.39. The first-order valence-electron chi connectivity index (χ1n) is 6.90. The van der Waals surface area contributed by atoms with Crippen LogP contribution < -0.4 is 5.56 Å². The zero-order valence-corrected chi connectivity index (χ0v) is 14.7. The molecule has 2 aromatic heterocycles. The highest BCUT2D eigenvalue weighted by Crippen LogP contribution is 2.30. The molecule has 0 radical (unpaired) electrons. The van der Waals surface area contributed by atoms with E-state index in [-0.39, 0.29) is 18.0 Å². The van der Waals surface area contributed by atoms with E-state index >= 15 is 0 Å². The van der Waals surface area contributed by atoms with E-state index in [9.17, 15) is 14.4 Å². The van der Waals surface area contributed by atoms with Crippen LogP contribution in [0.25, 0.3) is 10.1 Å². The molecule has 122 valence electrons. The van der Waals surface area contributed by atoms with Crippen molar-refractivity contribution in [2.24, 2.45) is 7.05 Å². The number of nitrogens with zero attached hydrogens (tertiary/aromatic N) is 3. The van der Waals surface area contributed by atoms with Crippen LogP contribution in [0.3, 0.4) is 0 Å². The fraction of sp³-hybridized carbons (Fsp3) is 0.357. The summed E-state index contributed by atoms with van der Waals surface area (Å²) < 4.78 is 3.22. The molecule has 0 aromatic carbocycles. The second kappa shape index (κ2) is 5.97. The van der Waals surface area contributed by atoms with Crippen LogP contribution in [0.5, 0.6) is 0 Å². The molecule has 0 aliphatic carbocycles. The lowest BCUT2D eigenvalue weighted by molar-refractivity contribution is -0.135. The maximum Gasteiger partial charge on any atom is 0.407 e. The second-order valence-electron chi connectivity index (χ2n) is 5.37. The molecule has 1 aliphatic heterocycles. The molecule has 1 saturated heterocycles. The molecule has 0 spiro atoms. The minimum absolute atomic E-state index is 0.0762. The van der Waals surface area contributed by atoms with E-state index in [0.29, 0.717) is 25.0 Å². The zero-order valence-electron chi connectivity index (χ0n) is 12.3. The van der Waals surface area contributed by atoms with Crippen molar-refractivity contribution in [2.75, 3.05) is 19.6 Å². The lowest BCUT2D eigenvalue weighted by atomic mass is 10.2. The van der Waals surface area contributed by atoms with Gasteiger partial charge in [0.15, 0.2) is 0 Å². The van der Waals surface area contributed by atoms with E-state index < -0.39 is 6.09 Å². The predicted molar refractivity (Wildman–Crippen MR) is 89.8 cm³/mol. The number of carboxylic acid groups (broad SMARTS) is 1. The van der Waals surface area contributed by atoms with Crippen LogP contribution in [0.15, 0.2) is 21.5 Å². The smallest absolute Gasteiger partial charge is 0.407 e. The number of thiophene rings is 1. The molecular formula is C14H14BrN3O4S. The number of fused-ring (bicyclic) bond motifs is 1. The van der Waals surface area contributed by atoms with Crippen LogP contribution in [-0.2, 0) is 18.4 Å². The molecule has 1 N–H and O–H groups in total. The summed E-state index contributed by atoms with van der Waals surface area (Å²) in [6.45, 7) is 0.933. The Morgan fingerprint density at radius 1 is 1.39 bits per heavy atom. The number of rotatable bonds is 2. The molecule has 1 fully saturated rings. The number of carbonyl (C=O) groups excluding carboxylic acids is 1. The standard InChI is InChI=1S/C14H14BrN3O4S/c1-16-6-10(15)12-9(13(16)20)4-8(23-12)5-17-2-3-18(14(21)22)7-11(17)19/h4,6H,2-3,5,7H2,1H3,(H,21,22). The van der Waals surface area contributed by atoms with E-state index in [0.717, 1.165) is 18.9 Å². The van der Waals surface area contributed by atoms with E-state index in [1.165, 1.54) is 15.9 Å². The average molecular weight is 400 g/mol. The SMILES string of the molecule is Cn1cc(Br)c2sc(CN3CCN(C(=O)O)CC3=O)cc2c1=O. The number of amides is 2. The van der Waals surface area contributed by atoms with Crippen molar-refractivity contribution in [3.8, 4) is 0 Å². The number of hydrogen-bond acceptors (Lipinski definition) is 4. The third-order valence-electron chi connectivity index (χ3n) is 3.79. The van der Waals surface area contributed by atoms with Crippen molar-refractivity contribution in [3.05, 3.63) is 32.0 Å². The summed E-state index contributed by atoms with van der Waals surface area (Å²) in [7, 11) is 1.69. The molecule has 1 aliphatic rings. The van der Waals surface area contributed by atoms with Gasteiger partial charge in [0.25, 0.3) is 5.56 Å². The van der Waals surface area contributed by atoms with Crippen molar-refractivity contribution < 1.29 is 14.7 Å². The van der Waals surface area contributed by atoms with Crippen LogP contribution in [0.1, 0.15) is 4.88 Å². The Labute approximate surface area is 143 Å². The third kappa shape index (κ3) is 2.98. The Hall–Kier alpha value is -1.87. The number of aryl methyl sites for hydroxylation is 1. The number of hydrogen-bond donors (Lipinski definition) is 1. The van der Waals surface area contributed by atoms with Gasteiger partial charge in [0.1, 0.15) is 6.54 Å². The van der Waals surface area contributed by atoms with Gasteiger partial charge in [-0.25, -0.2) is 4.79 Å². The fourth-order valence-electron chi connectivity index (χ4n) is 2.56. The summed E-state index contributed by atoms with van der Waals surface area (Å²) >= 11 is 4.92. The van der Waals surface area contributed by atoms with Crippen LogP contribution in [0, 0.1) is 0 Å². The van der Waals surface area contributed by atoms with Gasteiger partial charge in [-0.2, -0.15) is 0 Å². The van der Waals surface area contributed by atoms with Gasteiger partial charge < -0.3 is 14.6 Å². The number of aromatic nitrogens is 1. The van der Waals surface area contributed by atoms with Gasteiger partial charge in [0, 0.05) is 31.2 Å². The number of halogens is 1. The Morgan fingerprint density at radius 2 is 2.13 bits per heavy atom. The summed E-state index contributed by atoms with van der Waals surface area (Å²) in [5.74, 6) is -0.219. The molecule has 23 heavy (non-hydrogen) atoms. The maximum atomic E-state index is 12.2. The lowest BCUT2D eigenvalue weighted by Gasteiger charge is -2.32. The molecule has 9 heteroatoms. The van der Waals surface area contributed by atoms with Crippen molar-refractivity contribution in [3.63, 3.8) is 0 Å². The second-order valence-corrected chi connectivity index (χ2v) is 7.36. The van der Waals surface area contributed by atoms with Crippen LogP contribution >= 0.6 is 27.3 Å². The minimum atomic E-state index is -1.08. The van der Waals surface area contributed by atoms with Gasteiger partial charge in [0.2, 0.25) is 5.91 Å². The number of piperazine rings is 1. The average Bonchev–Trinajstić information content (AvgIpc) is 2.91. The molecule has 2 aromatic rings. The molecule has 0 unspecified atom stereocenters. The molecular weight excluding hydrogens is 386 g/mol. The molecule has 0 atom stereocenters. The van der Waals surface area contributed by atoms with Gasteiger partial charge >= 0.3 is 6.09 Å². The first-order valence-corrected chi connectivity index (χ1v) is 8.51. The van der Waals surface area contributed by atoms with Crippen molar-refractivity contribution in [2.45, 2.75) is 6.54 Å². The van der Waals surface area contributed by atoms with Gasteiger partial charge in [-0.3, -0.25) is 14.5 Å². The van der Waals surface area contributed by atoms with E-state index in [1.54, 1.807) is 18.1 Å². The maximum absolute atomic E-state index is 12.2. The van der Waals surface area contributed by atoms with Crippen LogP contribution in [0.2, 0.25) is 0 Å². The first-order chi connectivity index (χ1) is 10.9. The van der Waals surface area contributed by atoms with Crippen molar-refractivity contribution in [1.29, 1.82) is 0 Å². The third-order valence-corrected chi connectivity index (χ3v) is 5.81. The Balaban J connectivity index is 1.84. The molecule has 3 heterocycles. The van der Waals surface area contributed by atoms with Gasteiger partial charge in [-0.1, -0.05) is 0 Å². The minimum Gasteiger partial charge on any atom is -0.465 e. The highest BCUT2D eigenvalue weighted by atomic mass is 79.9. The lowest BCUT2D eigenvalue weighted by Crippen LogP contribution is -2.51. The van der Waals surface area contributed by atoms with Crippen LogP contribution in [0.4, 0.5) is 4.79 Å². The largest absolute Gasteiger partial charge is 0.465 e. The topological polar surface area (TPSA) is 82.8 Å². The van der Waals surface area contributed by atoms with E-state index in [2.05, 4.69) is 15.9 Å². The van der Waals surface area contributed by atoms with Crippen molar-refractivity contribution >= 4 is 49.4 Å². The Kier molecular flexibility index (Phi) is 4.15. The Bertz CT molecular complexity index is 860. The van der Waals surface area contributed by atoms with Crippen LogP contribution in [-0.4, -0.2) is 51.1 Å². The summed E-state index contributed by atoms with van der Waals surface area (Å²) in [4.78, 5) is 38.8. The zero-order chi connectivity index (χ0) is 16.7. The normalized spacial score (nSPS) is 15.5. The molecule has 3 rings (SSSR count).